The lowest BCUT2D eigenvalue weighted by Gasteiger charge is -1.92. The number of hydrogen-bond acceptors (Lipinski definition) is 6. The maximum atomic E-state index is 5.34. The molecule has 0 aliphatic carbocycles. The first kappa shape index (κ1) is 11.6. The van der Waals surface area contributed by atoms with Crippen molar-refractivity contribution in [1.82, 2.24) is 9.97 Å². The average Bonchev–Trinajstić information content (AvgIpc) is 2.23. The van der Waals surface area contributed by atoms with E-state index in [4.69, 9.17) is 22.9 Å². The van der Waals surface area contributed by atoms with Gasteiger partial charge in [-0.1, -0.05) is 0 Å². The molecule has 0 bridgehead atoms. The van der Waals surface area contributed by atoms with E-state index in [0.717, 1.165) is 0 Å². The summed E-state index contributed by atoms with van der Waals surface area (Å²) in [5, 5.41) is 0. The Morgan fingerprint density at radius 2 is 1.62 bits per heavy atom. The van der Waals surface area contributed by atoms with Gasteiger partial charge in [0.15, 0.2) is 0 Å². The maximum Gasteiger partial charge on any atom is 0.146 e. The third-order valence-electron chi connectivity index (χ3n) is 1.68. The van der Waals surface area contributed by atoms with Crippen LogP contribution in [-0.4, -0.2) is 9.97 Å². The van der Waals surface area contributed by atoms with Gasteiger partial charge in [-0.2, -0.15) is 0 Å². The Balaban J connectivity index is 0.000000160. The van der Waals surface area contributed by atoms with Crippen molar-refractivity contribution < 1.29 is 0 Å². The third kappa shape index (κ3) is 3.70. The molecule has 0 saturated carbocycles. The second-order valence-corrected chi connectivity index (χ2v) is 2.99. The van der Waals surface area contributed by atoms with E-state index >= 15 is 0 Å². The second kappa shape index (κ2) is 5.40. The van der Waals surface area contributed by atoms with E-state index in [9.17, 15) is 0 Å². The van der Waals surface area contributed by atoms with Crippen LogP contribution in [0.4, 0.5) is 23.0 Å². The summed E-state index contributed by atoms with van der Waals surface area (Å²) in [5.41, 5.74) is 22.4. The second-order valence-electron chi connectivity index (χ2n) is 2.99. The predicted octanol–water partition coefficient (Wildman–Crippen LogP) is 0.492. The highest BCUT2D eigenvalue weighted by molar-refractivity contribution is 5.56. The fourth-order valence-electron chi connectivity index (χ4n) is 0.895. The van der Waals surface area contributed by atoms with Gasteiger partial charge in [-0.15, -0.1) is 0 Å². The van der Waals surface area contributed by atoms with E-state index in [1.807, 2.05) is 0 Å². The number of nitrogen functional groups attached to an aromatic ring is 4. The minimum Gasteiger partial charge on any atom is -0.399 e. The maximum absolute atomic E-state index is 5.34. The first-order valence-corrected chi connectivity index (χ1v) is 4.52. The molecule has 84 valence electrons. The van der Waals surface area contributed by atoms with Gasteiger partial charge in [0, 0.05) is 24.1 Å². The molecule has 2 heterocycles. The van der Waals surface area contributed by atoms with Gasteiger partial charge in [0.05, 0.1) is 5.69 Å². The number of pyridine rings is 2. The van der Waals surface area contributed by atoms with Gasteiger partial charge in [-0.3, -0.25) is 0 Å². The van der Waals surface area contributed by atoms with Crippen LogP contribution in [0.3, 0.4) is 0 Å². The molecule has 0 aromatic carbocycles. The third-order valence-corrected chi connectivity index (χ3v) is 1.68. The largest absolute Gasteiger partial charge is 0.399 e. The molecule has 8 N–H and O–H groups in total. The van der Waals surface area contributed by atoms with Gasteiger partial charge in [0.2, 0.25) is 0 Å². The molecule has 0 aliphatic rings. The fourth-order valence-corrected chi connectivity index (χ4v) is 0.895. The molecule has 0 radical (unpaired) electrons. The summed E-state index contributed by atoms with van der Waals surface area (Å²) >= 11 is 0. The summed E-state index contributed by atoms with van der Waals surface area (Å²) in [7, 11) is 0. The molecule has 16 heavy (non-hydrogen) atoms. The van der Waals surface area contributed by atoms with Crippen molar-refractivity contribution >= 4 is 23.0 Å². The van der Waals surface area contributed by atoms with Crippen molar-refractivity contribution in [2.24, 2.45) is 0 Å². The average molecular weight is 218 g/mol. The smallest absolute Gasteiger partial charge is 0.146 e. The lowest BCUT2D eigenvalue weighted by Crippen LogP contribution is -1.95. The van der Waals surface area contributed by atoms with Crippen LogP contribution in [0.1, 0.15) is 0 Å². The highest BCUT2D eigenvalue weighted by Crippen LogP contribution is 2.06. The van der Waals surface area contributed by atoms with E-state index < -0.39 is 0 Å². The molecule has 0 aliphatic heterocycles. The van der Waals surface area contributed by atoms with Crippen LogP contribution < -0.4 is 22.9 Å². The molecule has 0 unspecified atom stereocenters. The van der Waals surface area contributed by atoms with E-state index in [2.05, 4.69) is 9.97 Å². The Labute approximate surface area is 93.3 Å². The summed E-state index contributed by atoms with van der Waals surface area (Å²) < 4.78 is 0. The van der Waals surface area contributed by atoms with Gasteiger partial charge in [0.1, 0.15) is 11.6 Å². The molecule has 0 fully saturated rings. The Bertz CT molecular complexity index is 418. The van der Waals surface area contributed by atoms with Crippen LogP contribution in [0.15, 0.2) is 36.7 Å². The van der Waals surface area contributed by atoms with Crippen LogP contribution in [0.25, 0.3) is 0 Å². The Kier molecular flexibility index (Phi) is 3.90. The SMILES string of the molecule is Nc1cccnc1N.Nc1ccnc(N)c1. The van der Waals surface area contributed by atoms with Gasteiger partial charge in [-0.25, -0.2) is 9.97 Å². The highest BCUT2D eigenvalue weighted by atomic mass is 14.9. The van der Waals surface area contributed by atoms with Crippen molar-refractivity contribution in [1.29, 1.82) is 0 Å². The summed E-state index contributed by atoms with van der Waals surface area (Å²) in [6, 6.07) is 6.75. The number of rotatable bonds is 0. The predicted molar refractivity (Wildman–Crippen MR) is 66.1 cm³/mol. The standard InChI is InChI=1S/2C5H7N3/c6-4-1-2-8-5(7)3-4;6-4-2-1-3-8-5(4)7/h1-3H,(H4,6,7,8);1-3H,6H2,(H2,7,8). The summed E-state index contributed by atoms with van der Waals surface area (Å²) in [6.45, 7) is 0. The van der Waals surface area contributed by atoms with Crippen LogP contribution in [0, 0.1) is 0 Å². The van der Waals surface area contributed by atoms with Crippen LogP contribution in [-0.2, 0) is 0 Å². The van der Waals surface area contributed by atoms with Crippen LogP contribution >= 0.6 is 0 Å². The topological polar surface area (TPSA) is 130 Å². The highest BCUT2D eigenvalue weighted by Gasteiger charge is 1.87. The van der Waals surface area contributed by atoms with Crippen LogP contribution in [0.2, 0.25) is 0 Å². The molecule has 6 heteroatoms. The molecule has 2 rings (SSSR count). The monoisotopic (exact) mass is 218 g/mol. The summed E-state index contributed by atoms with van der Waals surface area (Å²) in [6.07, 6.45) is 3.18. The zero-order valence-electron chi connectivity index (χ0n) is 8.67. The molecule has 0 amide bonds. The number of nitrogens with zero attached hydrogens (tertiary/aromatic N) is 2. The van der Waals surface area contributed by atoms with E-state index in [-0.39, 0.29) is 0 Å². The lowest BCUT2D eigenvalue weighted by atomic mass is 10.4. The van der Waals surface area contributed by atoms with Crippen molar-refractivity contribution in [2.75, 3.05) is 22.9 Å². The van der Waals surface area contributed by atoms with E-state index in [1.54, 1.807) is 36.7 Å². The Morgan fingerprint density at radius 1 is 0.875 bits per heavy atom. The van der Waals surface area contributed by atoms with Gasteiger partial charge in [-0.05, 0) is 18.2 Å². The Hall–Kier alpha value is -2.50. The zero-order chi connectivity index (χ0) is 12.0. The van der Waals surface area contributed by atoms with Crippen LogP contribution in [0.5, 0.6) is 0 Å². The first-order valence-electron chi connectivity index (χ1n) is 4.52. The van der Waals surface area contributed by atoms with Crippen molar-refractivity contribution in [3.05, 3.63) is 36.7 Å². The minimum atomic E-state index is 0.396. The van der Waals surface area contributed by atoms with Gasteiger partial charge in [0.25, 0.3) is 0 Å². The molecule has 0 atom stereocenters. The van der Waals surface area contributed by atoms with E-state index in [0.29, 0.717) is 23.0 Å². The minimum absolute atomic E-state index is 0.396. The molecule has 6 nitrogen and oxygen atoms in total. The van der Waals surface area contributed by atoms with Crippen molar-refractivity contribution in [3.8, 4) is 0 Å². The molecule has 0 spiro atoms. The number of nitrogens with two attached hydrogens (primary N) is 4. The summed E-state index contributed by atoms with van der Waals surface area (Å²) in [4.78, 5) is 7.47. The summed E-state index contributed by atoms with van der Waals surface area (Å²) in [5.74, 6) is 0.859. The number of aromatic nitrogens is 2. The molecular formula is C10H14N6. The molecule has 2 aromatic heterocycles. The lowest BCUT2D eigenvalue weighted by molar-refractivity contribution is 1.34. The quantitative estimate of drug-likeness (QED) is 0.509. The molecule has 0 saturated heterocycles. The van der Waals surface area contributed by atoms with E-state index in [1.165, 1.54) is 0 Å². The van der Waals surface area contributed by atoms with Gasteiger partial charge < -0.3 is 22.9 Å². The normalized spacial score (nSPS) is 9.00. The zero-order valence-corrected chi connectivity index (χ0v) is 8.67. The van der Waals surface area contributed by atoms with Gasteiger partial charge >= 0.3 is 0 Å². The fraction of sp³-hybridized carbons (Fsp3) is 0. The first-order chi connectivity index (χ1) is 7.59. The van der Waals surface area contributed by atoms with Crippen molar-refractivity contribution in [3.63, 3.8) is 0 Å². The molecule has 2 aromatic rings. The number of anilines is 4. The Morgan fingerprint density at radius 3 is 2.00 bits per heavy atom. The van der Waals surface area contributed by atoms with Crippen molar-refractivity contribution in [2.45, 2.75) is 0 Å². The number of hydrogen-bond donors (Lipinski definition) is 4. The molecular weight excluding hydrogens is 204 g/mol.